The molecule has 164 valence electrons. The molecule has 2 aromatic carbocycles. The zero-order valence-electron chi connectivity index (χ0n) is 15.7. The molecule has 0 saturated carbocycles. The molecule has 6 nitrogen and oxygen atoms in total. The summed E-state index contributed by atoms with van der Waals surface area (Å²) in [5.41, 5.74) is 1.95. The van der Waals surface area contributed by atoms with Crippen LogP contribution in [0.2, 0.25) is 0 Å². The number of ether oxygens (including phenoxy) is 2. The molecule has 2 atom stereocenters. The Hall–Kier alpha value is -2.12. The summed E-state index contributed by atoms with van der Waals surface area (Å²) in [5, 5.41) is 36.3. The van der Waals surface area contributed by atoms with Gasteiger partial charge in [0.25, 0.3) is 0 Å². The van der Waals surface area contributed by atoms with Crippen molar-refractivity contribution < 1.29 is 29.9 Å². The van der Waals surface area contributed by atoms with Crippen LogP contribution in [0.25, 0.3) is 0 Å². The molecule has 0 aliphatic carbocycles. The second kappa shape index (κ2) is 12.4. The average Bonchev–Trinajstić information content (AvgIpc) is 2.70. The molecule has 0 bridgehead atoms. The van der Waals surface area contributed by atoms with Crippen molar-refractivity contribution in [1.82, 2.24) is 0 Å². The first-order chi connectivity index (χ1) is 12.9. The van der Waals surface area contributed by atoms with E-state index in [9.17, 15) is 10.2 Å². The van der Waals surface area contributed by atoms with Crippen molar-refractivity contribution in [2.75, 3.05) is 26.4 Å². The van der Waals surface area contributed by atoms with E-state index in [1.807, 2.05) is 48.5 Å². The Balaban J connectivity index is 0.00000392. The zero-order valence-corrected chi connectivity index (χ0v) is 15.7. The second-order valence-electron chi connectivity index (χ2n) is 6.97. The topological polar surface area (TPSA) is 99.4 Å². The fraction of sp³-hybridized carbons (Fsp3) is 0.478. The van der Waals surface area contributed by atoms with E-state index in [1.165, 1.54) is 0 Å². The number of aliphatic hydroxyl groups is 4. The van der Waals surface area contributed by atoms with E-state index in [1.54, 1.807) is 0 Å². The number of rotatable bonds is 10. The van der Waals surface area contributed by atoms with Gasteiger partial charge in [-0.1, -0.05) is 53.0 Å². The minimum Gasteiger partial charge on any atom is -0.491 e. The van der Waals surface area contributed by atoms with Gasteiger partial charge in [-0.25, -0.2) is 0 Å². The molecular weight excluding hydrogens is 372 g/mol. The maximum atomic E-state index is 9.35. The smallest absolute Gasteiger partial charge is 0.119 e. The molecule has 0 saturated heterocycles. The lowest BCUT2D eigenvalue weighted by atomic mass is 9.78. The number of hydrogen-bond acceptors (Lipinski definition) is 6. The van der Waals surface area contributed by atoms with Crippen LogP contribution in [0.3, 0.4) is 0 Å². The van der Waals surface area contributed by atoms with E-state index in [0.29, 0.717) is 11.5 Å². The Bertz CT molecular complexity index is 622. The molecule has 0 aromatic heterocycles. The Labute approximate surface area is 174 Å². The largest absolute Gasteiger partial charge is 0.491 e. The first-order valence-corrected chi connectivity index (χ1v) is 8.91. The molecular formula is C23H36O6. The van der Waals surface area contributed by atoms with Crippen LogP contribution in [0, 0.1) is 0 Å². The van der Waals surface area contributed by atoms with Gasteiger partial charge < -0.3 is 29.9 Å². The lowest BCUT2D eigenvalue weighted by Gasteiger charge is -2.26. The van der Waals surface area contributed by atoms with E-state index in [0.717, 1.165) is 11.1 Å². The molecule has 0 fully saturated rings. The fourth-order valence-electron chi connectivity index (χ4n) is 2.59. The third-order valence-electron chi connectivity index (χ3n) is 4.46. The van der Waals surface area contributed by atoms with Gasteiger partial charge in [0.05, 0.1) is 13.2 Å². The highest BCUT2D eigenvalue weighted by atomic mass is 16.5. The average molecular weight is 409 g/mol. The summed E-state index contributed by atoms with van der Waals surface area (Å²) in [6.07, 6.45) is -1.78. The number of aliphatic hydroxyl groups excluding tert-OH is 4. The van der Waals surface area contributed by atoms with E-state index >= 15 is 0 Å². The highest BCUT2D eigenvalue weighted by Crippen LogP contribution is 2.33. The monoisotopic (exact) mass is 408 g/mol. The molecule has 6 heteroatoms. The SMILES string of the molecule is C.C.CC(C)(c1ccc(OCC(O)CO)cc1)c1ccc(OCC(O)CO)cc1. The molecule has 0 amide bonds. The minimum absolute atomic E-state index is 0. The van der Waals surface area contributed by atoms with Crippen LogP contribution in [-0.4, -0.2) is 59.1 Å². The highest BCUT2D eigenvalue weighted by molar-refractivity contribution is 5.41. The van der Waals surface area contributed by atoms with Crippen LogP contribution in [0.4, 0.5) is 0 Å². The maximum absolute atomic E-state index is 9.35. The van der Waals surface area contributed by atoms with Crippen LogP contribution in [0.15, 0.2) is 48.5 Å². The molecule has 0 aliphatic heterocycles. The second-order valence-corrected chi connectivity index (χ2v) is 6.97. The molecule has 0 radical (unpaired) electrons. The summed E-state index contributed by atoms with van der Waals surface area (Å²) >= 11 is 0. The van der Waals surface area contributed by atoms with Gasteiger partial charge in [0.2, 0.25) is 0 Å². The van der Waals surface area contributed by atoms with E-state index < -0.39 is 12.2 Å². The summed E-state index contributed by atoms with van der Waals surface area (Å²) in [7, 11) is 0. The number of benzene rings is 2. The van der Waals surface area contributed by atoms with Gasteiger partial charge in [0.15, 0.2) is 0 Å². The normalized spacial score (nSPS) is 12.9. The van der Waals surface area contributed by atoms with Gasteiger partial charge >= 0.3 is 0 Å². The maximum Gasteiger partial charge on any atom is 0.119 e. The Morgan fingerprint density at radius 1 is 0.690 bits per heavy atom. The van der Waals surface area contributed by atoms with Gasteiger partial charge in [-0.15, -0.1) is 0 Å². The van der Waals surface area contributed by atoms with Crippen molar-refractivity contribution in [3.8, 4) is 11.5 Å². The van der Waals surface area contributed by atoms with Crippen molar-refractivity contribution in [1.29, 1.82) is 0 Å². The van der Waals surface area contributed by atoms with Crippen LogP contribution >= 0.6 is 0 Å². The predicted octanol–water partition coefficient (Wildman–Crippen LogP) is 2.75. The molecule has 0 heterocycles. The Kier molecular flexibility index (Phi) is 11.5. The van der Waals surface area contributed by atoms with Crippen LogP contribution in [0.5, 0.6) is 11.5 Å². The van der Waals surface area contributed by atoms with Gasteiger partial charge in [0, 0.05) is 5.41 Å². The lowest BCUT2D eigenvalue weighted by molar-refractivity contribution is 0.0536. The summed E-state index contributed by atoms with van der Waals surface area (Å²) < 4.78 is 10.9. The van der Waals surface area contributed by atoms with E-state index in [2.05, 4.69) is 13.8 Å². The predicted molar refractivity (Wildman–Crippen MR) is 116 cm³/mol. The number of hydrogen-bond donors (Lipinski definition) is 4. The van der Waals surface area contributed by atoms with Gasteiger partial charge in [0.1, 0.15) is 36.9 Å². The molecule has 29 heavy (non-hydrogen) atoms. The van der Waals surface area contributed by atoms with Crippen molar-refractivity contribution in [2.45, 2.75) is 46.3 Å². The third-order valence-corrected chi connectivity index (χ3v) is 4.46. The van der Waals surface area contributed by atoms with Crippen molar-refractivity contribution in [3.05, 3.63) is 59.7 Å². The van der Waals surface area contributed by atoms with Gasteiger partial charge in [-0.2, -0.15) is 0 Å². The summed E-state index contributed by atoms with van der Waals surface area (Å²) in [4.78, 5) is 0. The molecule has 0 aliphatic rings. The van der Waals surface area contributed by atoms with Crippen molar-refractivity contribution in [3.63, 3.8) is 0 Å². The van der Waals surface area contributed by atoms with E-state index in [4.69, 9.17) is 19.7 Å². The molecule has 2 unspecified atom stereocenters. The summed E-state index contributed by atoms with van der Waals surface area (Å²) in [6, 6.07) is 15.3. The third kappa shape index (κ3) is 7.66. The highest BCUT2D eigenvalue weighted by Gasteiger charge is 2.23. The standard InChI is InChI=1S/C21H28O6.2CH4/c1-21(2,15-3-7-19(8-4-15)26-13-17(24)11-22)16-5-9-20(10-6-16)27-14-18(25)12-23;;/h3-10,17-18,22-25H,11-14H2,1-2H3;2*1H4. The fourth-order valence-corrected chi connectivity index (χ4v) is 2.59. The summed E-state index contributed by atoms with van der Waals surface area (Å²) in [5.74, 6) is 1.27. The molecule has 2 rings (SSSR count). The Morgan fingerprint density at radius 3 is 1.28 bits per heavy atom. The minimum atomic E-state index is -0.889. The van der Waals surface area contributed by atoms with Crippen LogP contribution in [-0.2, 0) is 5.41 Å². The molecule has 4 N–H and O–H groups in total. The van der Waals surface area contributed by atoms with E-state index in [-0.39, 0.29) is 46.7 Å². The summed E-state index contributed by atoms with van der Waals surface area (Å²) in [6.45, 7) is 3.67. The lowest BCUT2D eigenvalue weighted by Crippen LogP contribution is -2.22. The van der Waals surface area contributed by atoms with Crippen LogP contribution < -0.4 is 9.47 Å². The first kappa shape index (κ1) is 26.9. The van der Waals surface area contributed by atoms with Gasteiger partial charge in [-0.05, 0) is 35.4 Å². The quantitative estimate of drug-likeness (QED) is 0.482. The zero-order chi connectivity index (χ0) is 19.9. The molecule has 2 aromatic rings. The van der Waals surface area contributed by atoms with Crippen LogP contribution in [0.1, 0.15) is 39.8 Å². The van der Waals surface area contributed by atoms with Crippen molar-refractivity contribution in [2.24, 2.45) is 0 Å². The van der Waals surface area contributed by atoms with Crippen molar-refractivity contribution >= 4 is 0 Å². The first-order valence-electron chi connectivity index (χ1n) is 8.91. The van der Waals surface area contributed by atoms with Gasteiger partial charge in [-0.3, -0.25) is 0 Å². The molecule has 0 spiro atoms. The Morgan fingerprint density at radius 2 is 1.00 bits per heavy atom.